The van der Waals surface area contributed by atoms with Gasteiger partial charge in [-0.1, -0.05) is 0 Å². The molecule has 0 bridgehead atoms. The summed E-state index contributed by atoms with van der Waals surface area (Å²) in [6.07, 6.45) is 0. The molecular formula is C11H21N3O4. The molecule has 7 nitrogen and oxygen atoms in total. The highest BCUT2D eigenvalue weighted by atomic mass is 16.5. The van der Waals surface area contributed by atoms with Crippen LogP contribution in [0.25, 0.3) is 0 Å². The summed E-state index contributed by atoms with van der Waals surface area (Å²) in [6.45, 7) is 6.38. The smallest absolute Gasteiger partial charge is 0.323 e. The molecule has 1 fully saturated rings. The number of ether oxygens (including phenoxy) is 1. The fraction of sp³-hybridized carbons (Fsp3) is 0.818. The van der Waals surface area contributed by atoms with Crippen LogP contribution in [-0.4, -0.2) is 79.4 Å². The molecule has 0 aromatic rings. The number of carboxylic acids is 1. The van der Waals surface area contributed by atoms with Crippen molar-refractivity contribution in [1.29, 1.82) is 0 Å². The van der Waals surface area contributed by atoms with Crippen LogP contribution in [0.1, 0.15) is 6.92 Å². The number of nitrogens with one attached hydrogen (secondary N) is 1. The van der Waals surface area contributed by atoms with Crippen molar-refractivity contribution >= 4 is 12.0 Å². The third-order valence-electron chi connectivity index (χ3n) is 2.80. The van der Waals surface area contributed by atoms with Crippen molar-refractivity contribution in [2.24, 2.45) is 0 Å². The van der Waals surface area contributed by atoms with Gasteiger partial charge >= 0.3 is 12.0 Å². The van der Waals surface area contributed by atoms with E-state index < -0.39 is 5.97 Å². The van der Waals surface area contributed by atoms with Crippen molar-refractivity contribution in [2.45, 2.75) is 6.92 Å². The van der Waals surface area contributed by atoms with Gasteiger partial charge in [0.15, 0.2) is 0 Å². The Morgan fingerprint density at radius 2 is 2.06 bits per heavy atom. The van der Waals surface area contributed by atoms with Crippen molar-refractivity contribution < 1.29 is 19.4 Å². The van der Waals surface area contributed by atoms with E-state index in [0.29, 0.717) is 13.1 Å². The van der Waals surface area contributed by atoms with Crippen LogP contribution in [0.15, 0.2) is 0 Å². The molecule has 1 heterocycles. The van der Waals surface area contributed by atoms with E-state index in [1.54, 1.807) is 6.92 Å². The second kappa shape index (κ2) is 7.88. The fourth-order valence-corrected chi connectivity index (χ4v) is 1.75. The number of amides is 2. The maximum Gasteiger partial charge on any atom is 0.323 e. The number of hydrogen-bond donors (Lipinski definition) is 2. The van der Waals surface area contributed by atoms with Gasteiger partial charge in [-0.2, -0.15) is 0 Å². The van der Waals surface area contributed by atoms with Gasteiger partial charge in [-0.25, -0.2) is 4.79 Å². The Hall–Kier alpha value is -1.34. The number of rotatable bonds is 6. The average molecular weight is 259 g/mol. The van der Waals surface area contributed by atoms with Crippen LogP contribution in [0.2, 0.25) is 0 Å². The maximum atomic E-state index is 11.7. The molecule has 7 heteroatoms. The summed E-state index contributed by atoms with van der Waals surface area (Å²) in [5, 5.41) is 11.4. The zero-order valence-electron chi connectivity index (χ0n) is 10.7. The van der Waals surface area contributed by atoms with Crippen molar-refractivity contribution in [2.75, 3.05) is 52.5 Å². The predicted molar refractivity (Wildman–Crippen MR) is 65.5 cm³/mol. The van der Waals surface area contributed by atoms with Crippen molar-refractivity contribution in [1.82, 2.24) is 15.1 Å². The zero-order chi connectivity index (χ0) is 13.4. The molecule has 0 aliphatic carbocycles. The Kier molecular flexibility index (Phi) is 6.45. The Labute approximate surface area is 107 Å². The van der Waals surface area contributed by atoms with Gasteiger partial charge < -0.3 is 20.1 Å². The first-order valence-corrected chi connectivity index (χ1v) is 6.18. The average Bonchev–Trinajstić information content (AvgIpc) is 2.36. The van der Waals surface area contributed by atoms with Crippen LogP contribution in [0.3, 0.4) is 0 Å². The van der Waals surface area contributed by atoms with Gasteiger partial charge in [0.1, 0.15) is 6.54 Å². The van der Waals surface area contributed by atoms with E-state index in [1.807, 2.05) is 0 Å². The number of carbonyl (C=O) groups is 2. The molecule has 0 saturated carbocycles. The molecule has 18 heavy (non-hydrogen) atoms. The molecular weight excluding hydrogens is 238 g/mol. The molecule has 2 N–H and O–H groups in total. The number of hydrogen-bond acceptors (Lipinski definition) is 4. The maximum absolute atomic E-state index is 11.7. The lowest BCUT2D eigenvalue weighted by Crippen LogP contribution is -2.46. The molecule has 0 radical (unpaired) electrons. The summed E-state index contributed by atoms with van der Waals surface area (Å²) in [7, 11) is 0. The molecule has 2 amide bonds. The summed E-state index contributed by atoms with van der Waals surface area (Å²) in [5.41, 5.74) is 0. The third kappa shape index (κ3) is 5.33. The number of carboxylic acid groups (broad SMARTS) is 1. The Bertz CT molecular complexity index is 279. The van der Waals surface area contributed by atoms with Crippen molar-refractivity contribution in [3.8, 4) is 0 Å². The fourth-order valence-electron chi connectivity index (χ4n) is 1.75. The summed E-state index contributed by atoms with van der Waals surface area (Å²) >= 11 is 0. The second-order valence-electron chi connectivity index (χ2n) is 4.09. The number of aliphatic carboxylic acids is 1. The van der Waals surface area contributed by atoms with E-state index in [9.17, 15) is 9.59 Å². The standard InChI is InChI=1S/C11H21N3O4/c1-2-14(9-10(15)16)11(17)12-3-4-13-5-7-18-8-6-13/h2-9H2,1H3,(H,12,17)(H,15,16). The topological polar surface area (TPSA) is 82.1 Å². The first-order valence-electron chi connectivity index (χ1n) is 6.18. The summed E-state index contributed by atoms with van der Waals surface area (Å²) in [6, 6.07) is -0.326. The second-order valence-corrected chi connectivity index (χ2v) is 4.09. The number of carbonyl (C=O) groups excluding carboxylic acids is 1. The molecule has 1 rings (SSSR count). The number of morpholine rings is 1. The van der Waals surface area contributed by atoms with Gasteiger partial charge in [-0.15, -0.1) is 0 Å². The Balaban J connectivity index is 2.20. The highest BCUT2D eigenvalue weighted by molar-refractivity contribution is 5.79. The largest absolute Gasteiger partial charge is 0.480 e. The van der Waals surface area contributed by atoms with Crippen LogP contribution in [0.4, 0.5) is 4.79 Å². The quantitative estimate of drug-likeness (QED) is 0.668. The minimum atomic E-state index is -1.000. The van der Waals surface area contributed by atoms with E-state index in [-0.39, 0.29) is 12.6 Å². The Morgan fingerprint density at radius 1 is 1.39 bits per heavy atom. The minimum absolute atomic E-state index is 0.264. The number of urea groups is 1. The number of nitrogens with zero attached hydrogens (tertiary/aromatic N) is 2. The first-order chi connectivity index (χ1) is 8.63. The monoisotopic (exact) mass is 259 g/mol. The molecule has 1 aliphatic rings. The molecule has 0 atom stereocenters. The summed E-state index contributed by atoms with van der Waals surface area (Å²) in [4.78, 5) is 25.7. The van der Waals surface area contributed by atoms with Gasteiger partial charge in [0, 0.05) is 32.7 Å². The molecule has 0 aromatic carbocycles. The normalized spacial score (nSPS) is 16.3. The van der Waals surface area contributed by atoms with Crippen LogP contribution >= 0.6 is 0 Å². The summed E-state index contributed by atoms with van der Waals surface area (Å²) in [5.74, 6) is -1.000. The van der Waals surface area contributed by atoms with Gasteiger partial charge in [0.05, 0.1) is 13.2 Å². The zero-order valence-corrected chi connectivity index (χ0v) is 10.7. The van der Waals surface area contributed by atoms with E-state index >= 15 is 0 Å². The van der Waals surface area contributed by atoms with Crippen molar-refractivity contribution in [3.63, 3.8) is 0 Å². The van der Waals surface area contributed by atoms with Crippen molar-refractivity contribution in [3.05, 3.63) is 0 Å². The van der Waals surface area contributed by atoms with Crippen LogP contribution in [-0.2, 0) is 9.53 Å². The van der Waals surface area contributed by atoms with Gasteiger partial charge in [-0.05, 0) is 6.92 Å². The lowest BCUT2D eigenvalue weighted by molar-refractivity contribution is -0.137. The number of likely N-dealkylation sites (N-methyl/N-ethyl adjacent to an activating group) is 1. The van der Waals surface area contributed by atoms with E-state index in [1.165, 1.54) is 4.90 Å². The minimum Gasteiger partial charge on any atom is -0.480 e. The van der Waals surface area contributed by atoms with Gasteiger partial charge in [0.2, 0.25) is 0 Å². The SMILES string of the molecule is CCN(CC(=O)O)C(=O)NCCN1CCOCC1. The Morgan fingerprint density at radius 3 is 2.61 bits per heavy atom. The lowest BCUT2D eigenvalue weighted by Gasteiger charge is -2.27. The van der Waals surface area contributed by atoms with E-state index in [2.05, 4.69) is 10.2 Å². The van der Waals surface area contributed by atoms with Gasteiger partial charge in [-0.3, -0.25) is 9.69 Å². The lowest BCUT2D eigenvalue weighted by atomic mass is 10.4. The van der Waals surface area contributed by atoms with Crippen LogP contribution in [0.5, 0.6) is 0 Å². The van der Waals surface area contributed by atoms with Gasteiger partial charge in [0.25, 0.3) is 0 Å². The summed E-state index contributed by atoms with van der Waals surface area (Å²) < 4.78 is 5.22. The molecule has 0 aromatic heterocycles. The molecule has 104 valence electrons. The first kappa shape index (κ1) is 14.7. The highest BCUT2D eigenvalue weighted by Crippen LogP contribution is 1.95. The van der Waals surface area contributed by atoms with E-state index in [0.717, 1.165) is 32.8 Å². The van der Waals surface area contributed by atoms with Crippen LogP contribution in [0, 0.1) is 0 Å². The molecule has 1 saturated heterocycles. The molecule has 1 aliphatic heterocycles. The third-order valence-corrected chi connectivity index (χ3v) is 2.80. The molecule has 0 unspecified atom stereocenters. The highest BCUT2D eigenvalue weighted by Gasteiger charge is 2.15. The molecule has 0 spiro atoms. The van der Waals surface area contributed by atoms with E-state index in [4.69, 9.17) is 9.84 Å². The van der Waals surface area contributed by atoms with Crippen LogP contribution < -0.4 is 5.32 Å². The predicted octanol–water partition coefficient (Wildman–Crippen LogP) is -0.565.